The molecule has 0 unspecified atom stereocenters. The third-order valence-corrected chi connectivity index (χ3v) is 2.77. The summed E-state index contributed by atoms with van der Waals surface area (Å²) in [6.07, 6.45) is 3.95. The standard InChI is InChI=1S/C9H8BrN3O2/c10-6-4-11-5-12-8(6)9(15)13-3-1-2-7(13)14/h4-5H,1-3H2. The number of aromatic nitrogens is 2. The lowest BCUT2D eigenvalue weighted by atomic mass is 10.3. The van der Waals surface area contributed by atoms with Gasteiger partial charge in [0.25, 0.3) is 5.91 Å². The van der Waals surface area contributed by atoms with Crippen molar-refractivity contribution in [2.75, 3.05) is 6.54 Å². The van der Waals surface area contributed by atoms with Crippen molar-refractivity contribution in [2.24, 2.45) is 0 Å². The predicted molar refractivity (Wildman–Crippen MR) is 55.0 cm³/mol. The van der Waals surface area contributed by atoms with E-state index in [2.05, 4.69) is 25.9 Å². The number of imide groups is 1. The number of rotatable bonds is 1. The van der Waals surface area contributed by atoms with Crippen LogP contribution in [0.2, 0.25) is 0 Å². The summed E-state index contributed by atoms with van der Waals surface area (Å²) in [5.41, 5.74) is 0.236. The average molecular weight is 270 g/mol. The van der Waals surface area contributed by atoms with Gasteiger partial charge in [0.1, 0.15) is 12.0 Å². The Balaban J connectivity index is 2.28. The van der Waals surface area contributed by atoms with Gasteiger partial charge in [-0.2, -0.15) is 0 Å². The van der Waals surface area contributed by atoms with Crippen LogP contribution in [-0.2, 0) is 4.79 Å². The first-order valence-corrected chi connectivity index (χ1v) is 5.29. The molecule has 1 aromatic heterocycles. The maximum Gasteiger partial charge on any atom is 0.280 e. The molecule has 0 spiro atoms. The molecule has 1 aromatic rings. The molecule has 0 atom stereocenters. The van der Waals surface area contributed by atoms with Gasteiger partial charge >= 0.3 is 0 Å². The molecular weight excluding hydrogens is 262 g/mol. The zero-order valence-corrected chi connectivity index (χ0v) is 9.40. The molecule has 0 bridgehead atoms. The van der Waals surface area contributed by atoms with Gasteiger partial charge in [-0.15, -0.1) is 0 Å². The second-order valence-corrected chi connectivity index (χ2v) is 4.03. The maximum absolute atomic E-state index is 11.9. The largest absolute Gasteiger partial charge is 0.280 e. The van der Waals surface area contributed by atoms with Crippen molar-refractivity contribution >= 4 is 27.7 Å². The number of carbonyl (C=O) groups excluding carboxylic acids is 2. The Kier molecular flexibility index (Phi) is 2.77. The van der Waals surface area contributed by atoms with Crippen molar-refractivity contribution in [3.63, 3.8) is 0 Å². The summed E-state index contributed by atoms with van der Waals surface area (Å²) >= 11 is 3.18. The number of amides is 2. The number of likely N-dealkylation sites (tertiary alicyclic amines) is 1. The molecular formula is C9H8BrN3O2. The lowest BCUT2D eigenvalue weighted by Crippen LogP contribution is -2.32. The topological polar surface area (TPSA) is 63.2 Å². The zero-order valence-electron chi connectivity index (χ0n) is 7.81. The van der Waals surface area contributed by atoms with E-state index in [4.69, 9.17) is 0 Å². The van der Waals surface area contributed by atoms with Gasteiger partial charge in [-0.3, -0.25) is 14.5 Å². The van der Waals surface area contributed by atoms with Crippen LogP contribution in [0.5, 0.6) is 0 Å². The van der Waals surface area contributed by atoms with Crippen LogP contribution in [0.3, 0.4) is 0 Å². The average Bonchev–Trinajstić information content (AvgIpc) is 2.64. The van der Waals surface area contributed by atoms with E-state index in [9.17, 15) is 9.59 Å². The van der Waals surface area contributed by atoms with Gasteiger partial charge < -0.3 is 0 Å². The lowest BCUT2D eigenvalue weighted by Gasteiger charge is -2.12. The molecule has 0 aliphatic carbocycles. The lowest BCUT2D eigenvalue weighted by molar-refractivity contribution is -0.125. The highest BCUT2D eigenvalue weighted by molar-refractivity contribution is 9.10. The minimum Gasteiger partial charge on any atom is -0.277 e. The highest BCUT2D eigenvalue weighted by Gasteiger charge is 2.29. The van der Waals surface area contributed by atoms with E-state index in [0.29, 0.717) is 17.4 Å². The van der Waals surface area contributed by atoms with E-state index in [0.717, 1.165) is 6.42 Å². The Bertz CT molecular complexity index is 422. The second-order valence-electron chi connectivity index (χ2n) is 3.17. The van der Waals surface area contributed by atoms with Gasteiger partial charge in [-0.25, -0.2) is 9.97 Å². The van der Waals surface area contributed by atoms with Gasteiger partial charge in [0.05, 0.1) is 4.47 Å². The van der Waals surface area contributed by atoms with E-state index >= 15 is 0 Å². The fraction of sp³-hybridized carbons (Fsp3) is 0.333. The summed E-state index contributed by atoms with van der Waals surface area (Å²) in [6, 6.07) is 0. The summed E-state index contributed by atoms with van der Waals surface area (Å²) in [5, 5.41) is 0. The molecule has 78 valence electrons. The van der Waals surface area contributed by atoms with Gasteiger partial charge in [0, 0.05) is 19.2 Å². The third kappa shape index (κ3) is 1.90. The summed E-state index contributed by atoms with van der Waals surface area (Å²) < 4.78 is 0.509. The molecule has 2 amide bonds. The molecule has 1 fully saturated rings. The first kappa shape index (κ1) is 10.2. The molecule has 5 nitrogen and oxygen atoms in total. The molecule has 2 rings (SSSR count). The van der Waals surface area contributed by atoms with E-state index < -0.39 is 0 Å². The van der Waals surface area contributed by atoms with Crippen LogP contribution in [0, 0.1) is 0 Å². The molecule has 1 saturated heterocycles. The Morgan fingerprint density at radius 2 is 2.33 bits per heavy atom. The highest BCUT2D eigenvalue weighted by atomic mass is 79.9. The van der Waals surface area contributed by atoms with Crippen LogP contribution in [0.4, 0.5) is 0 Å². The molecule has 0 saturated carbocycles. The van der Waals surface area contributed by atoms with Crippen molar-refractivity contribution in [3.8, 4) is 0 Å². The van der Waals surface area contributed by atoms with E-state index in [1.165, 1.54) is 17.4 Å². The van der Waals surface area contributed by atoms with Crippen molar-refractivity contribution in [2.45, 2.75) is 12.8 Å². The molecule has 6 heteroatoms. The van der Waals surface area contributed by atoms with E-state index in [-0.39, 0.29) is 17.5 Å². The SMILES string of the molecule is O=C1CCCN1C(=O)c1ncncc1Br. The first-order chi connectivity index (χ1) is 7.20. The van der Waals surface area contributed by atoms with Gasteiger partial charge in [0.2, 0.25) is 5.91 Å². The number of carbonyl (C=O) groups is 2. The highest BCUT2D eigenvalue weighted by Crippen LogP contribution is 2.18. The molecule has 0 N–H and O–H groups in total. The summed E-state index contributed by atoms with van der Waals surface area (Å²) in [4.78, 5) is 32.1. The van der Waals surface area contributed by atoms with Crippen molar-refractivity contribution in [3.05, 3.63) is 22.7 Å². The minimum atomic E-state index is -0.355. The quantitative estimate of drug-likeness (QED) is 0.714. The molecule has 0 aromatic carbocycles. The maximum atomic E-state index is 11.9. The number of hydrogen-bond acceptors (Lipinski definition) is 4. The minimum absolute atomic E-state index is 0.134. The normalized spacial score (nSPS) is 15.8. The summed E-state index contributed by atoms with van der Waals surface area (Å²) in [5.74, 6) is -0.489. The van der Waals surface area contributed by atoms with Gasteiger partial charge in [-0.05, 0) is 22.4 Å². The van der Waals surface area contributed by atoms with Gasteiger partial charge in [0.15, 0.2) is 0 Å². The molecule has 1 aliphatic rings. The predicted octanol–water partition coefficient (Wildman–Crippen LogP) is 1.00. The van der Waals surface area contributed by atoms with Gasteiger partial charge in [-0.1, -0.05) is 0 Å². The Labute approximate surface area is 94.6 Å². The first-order valence-electron chi connectivity index (χ1n) is 4.50. The number of halogens is 1. The van der Waals surface area contributed by atoms with Crippen molar-refractivity contribution in [1.29, 1.82) is 0 Å². The Hall–Kier alpha value is -1.30. The third-order valence-electron chi connectivity index (χ3n) is 2.19. The van der Waals surface area contributed by atoms with Crippen LogP contribution < -0.4 is 0 Å². The second kappa shape index (κ2) is 4.06. The fourth-order valence-corrected chi connectivity index (χ4v) is 1.85. The molecule has 2 heterocycles. The zero-order chi connectivity index (χ0) is 10.8. The Morgan fingerprint density at radius 1 is 1.53 bits per heavy atom. The summed E-state index contributed by atoms with van der Waals surface area (Å²) in [7, 11) is 0. The smallest absolute Gasteiger partial charge is 0.277 e. The molecule has 1 aliphatic heterocycles. The van der Waals surface area contributed by atoms with Crippen molar-refractivity contribution < 1.29 is 9.59 Å². The van der Waals surface area contributed by atoms with E-state index in [1.807, 2.05) is 0 Å². The number of hydrogen-bond donors (Lipinski definition) is 0. The van der Waals surface area contributed by atoms with E-state index in [1.54, 1.807) is 0 Å². The van der Waals surface area contributed by atoms with Crippen LogP contribution in [0.15, 0.2) is 17.0 Å². The van der Waals surface area contributed by atoms with Crippen molar-refractivity contribution in [1.82, 2.24) is 14.9 Å². The Morgan fingerprint density at radius 3 is 2.93 bits per heavy atom. The van der Waals surface area contributed by atoms with Crippen LogP contribution in [0.1, 0.15) is 23.3 Å². The van der Waals surface area contributed by atoms with Crippen LogP contribution in [-0.4, -0.2) is 33.2 Å². The monoisotopic (exact) mass is 269 g/mol. The van der Waals surface area contributed by atoms with Crippen LogP contribution in [0.25, 0.3) is 0 Å². The summed E-state index contributed by atoms with van der Waals surface area (Å²) in [6.45, 7) is 0.480. The molecule has 15 heavy (non-hydrogen) atoms. The molecule has 0 radical (unpaired) electrons. The number of nitrogens with zero attached hydrogens (tertiary/aromatic N) is 3. The fourth-order valence-electron chi connectivity index (χ4n) is 1.46. The van der Waals surface area contributed by atoms with Crippen LogP contribution >= 0.6 is 15.9 Å².